The lowest BCUT2D eigenvalue weighted by atomic mass is 10.1. The number of benzene rings is 2. The molecule has 0 saturated carbocycles. The molecule has 0 aliphatic heterocycles. The summed E-state index contributed by atoms with van der Waals surface area (Å²) in [6.45, 7) is 1.17. The number of hydrogen-bond donors (Lipinski definition) is 3. The van der Waals surface area contributed by atoms with Crippen LogP contribution in [0.1, 0.15) is 21.5 Å². The summed E-state index contributed by atoms with van der Waals surface area (Å²) in [6.07, 6.45) is 5.86. The van der Waals surface area contributed by atoms with Crippen molar-refractivity contribution < 1.29 is 9.90 Å². The Morgan fingerprint density at radius 2 is 1.72 bits per heavy atom. The maximum absolute atomic E-state index is 12.4. The molecular weight excluding hydrogens is 400 g/mol. The number of para-hydroxylation sites is 1. The molecule has 0 radical (unpaired) electrons. The minimum absolute atomic E-state index is 0.173. The molecule has 2 heterocycles. The third-order valence-electron chi connectivity index (χ3n) is 5.07. The van der Waals surface area contributed by atoms with Gasteiger partial charge in [0, 0.05) is 42.9 Å². The van der Waals surface area contributed by atoms with Crippen LogP contribution in [0.4, 0.5) is 5.69 Å². The largest absolute Gasteiger partial charge is 0.508 e. The third-order valence-corrected chi connectivity index (χ3v) is 5.07. The van der Waals surface area contributed by atoms with Crippen LogP contribution >= 0.6 is 0 Å². The normalized spacial score (nSPS) is 10.5. The van der Waals surface area contributed by atoms with Crippen LogP contribution in [-0.4, -0.2) is 27.5 Å². The SMILES string of the molecule is O=C(NCc1cccnc1)c1ccc(-c2ccccc2NCCc2ccc(O)cc2)nc1. The first-order valence-corrected chi connectivity index (χ1v) is 10.4. The van der Waals surface area contributed by atoms with Gasteiger partial charge in [0.15, 0.2) is 0 Å². The van der Waals surface area contributed by atoms with Gasteiger partial charge < -0.3 is 15.7 Å². The van der Waals surface area contributed by atoms with E-state index in [2.05, 4.69) is 20.6 Å². The van der Waals surface area contributed by atoms with Crippen molar-refractivity contribution in [3.8, 4) is 17.0 Å². The van der Waals surface area contributed by atoms with Crippen LogP contribution in [0.15, 0.2) is 91.4 Å². The maximum atomic E-state index is 12.4. The smallest absolute Gasteiger partial charge is 0.253 e. The Morgan fingerprint density at radius 1 is 0.875 bits per heavy atom. The molecule has 6 nitrogen and oxygen atoms in total. The summed E-state index contributed by atoms with van der Waals surface area (Å²) in [5.74, 6) is 0.0977. The molecule has 0 bridgehead atoms. The lowest BCUT2D eigenvalue weighted by Crippen LogP contribution is -2.22. The lowest BCUT2D eigenvalue weighted by molar-refractivity contribution is 0.0950. The molecule has 1 amide bonds. The number of nitrogens with zero attached hydrogens (tertiary/aromatic N) is 2. The van der Waals surface area contributed by atoms with Crippen molar-refractivity contribution in [2.45, 2.75) is 13.0 Å². The fraction of sp³-hybridized carbons (Fsp3) is 0.115. The number of nitrogens with one attached hydrogen (secondary N) is 2. The van der Waals surface area contributed by atoms with Crippen molar-refractivity contribution in [1.82, 2.24) is 15.3 Å². The van der Waals surface area contributed by atoms with Crippen molar-refractivity contribution in [3.63, 3.8) is 0 Å². The second kappa shape index (κ2) is 10.2. The number of pyridine rings is 2. The number of carbonyl (C=O) groups excluding carboxylic acids is 1. The van der Waals surface area contributed by atoms with E-state index >= 15 is 0 Å². The molecule has 0 spiro atoms. The van der Waals surface area contributed by atoms with Gasteiger partial charge in [-0.05, 0) is 53.9 Å². The number of anilines is 1. The van der Waals surface area contributed by atoms with Crippen LogP contribution in [0.3, 0.4) is 0 Å². The molecule has 0 atom stereocenters. The van der Waals surface area contributed by atoms with E-state index in [4.69, 9.17) is 0 Å². The zero-order valence-corrected chi connectivity index (χ0v) is 17.5. The van der Waals surface area contributed by atoms with Gasteiger partial charge in [-0.2, -0.15) is 0 Å². The summed E-state index contributed by atoms with van der Waals surface area (Å²) in [6, 6.07) is 22.6. The maximum Gasteiger partial charge on any atom is 0.253 e. The molecule has 160 valence electrons. The van der Waals surface area contributed by atoms with Crippen LogP contribution < -0.4 is 10.6 Å². The Hall–Kier alpha value is -4.19. The number of hydrogen-bond acceptors (Lipinski definition) is 5. The van der Waals surface area contributed by atoms with Crippen molar-refractivity contribution in [2.75, 3.05) is 11.9 Å². The second-order valence-electron chi connectivity index (χ2n) is 7.36. The second-order valence-corrected chi connectivity index (χ2v) is 7.36. The predicted molar refractivity (Wildman–Crippen MR) is 125 cm³/mol. The molecule has 0 saturated heterocycles. The van der Waals surface area contributed by atoms with E-state index < -0.39 is 0 Å². The minimum atomic E-state index is -0.173. The molecule has 6 heteroatoms. The summed E-state index contributed by atoms with van der Waals surface area (Å²) in [5.41, 5.74) is 5.34. The van der Waals surface area contributed by atoms with E-state index in [1.165, 1.54) is 0 Å². The molecule has 2 aromatic heterocycles. The molecule has 2 aromatic carbocycles. The van der Waals surface area contributed by atoms with Crippen molar-refractivity contribution >= 4 is 11.6 Å². The van der Waals surface area contributed by atoms with Crippen molar-refractivity contribution in [2.24, 2.45) is 0 Å². The number of rotatable bonds is 8. The van der Waals surface area contributed by atoms with Gasteiger partial charge in [0.2, 0.25) is 0 Å². The minimum Gasteiger partial charge on any atom is -0.508 e. The van der Waals surface area contributed by atoms with Crippen LogP contribution in [0.2, 0.25) is 0 Å². The van der Waals surface area contributed by atoms with E-state index in [-0.39, 0.29) is 11.7 Å². The number of aromatic hydroxyl groups is 1. The number of phenolic OH excluding ortho intramolecular Hbond substituents is 1. The standard InChI is InChI=1S/C26H24N4O2/c31-22-10-7-19(8-11-22)13-15-28-24-6-2-1-5-23(24)25-12-9-21(18-29-25)26(32)30-17-20-4-3-14-27-16-20/h1-12,14,16,18,28,31H,13,15,17H2,(H,30,32). The lowest BCUT2D eigenvalue weighted by Gasteiger charge is -2.12. The quantitative estimate of drug-likeness (QED) is 0.389. The first-order chi connectivity index (χ1) is 15.7. The molecular formula is C26H24N4O2. The highest BCUT2D eigenvalue weighted by atomic mass is 16.3. The molecule has 32 heavy (non-hydrogen) atoms. The Bertz CT molecular complexity index is 1160. The molecule has 0 aliphatic rings. The van der Waals surface area contributed by atoms with Gasteiger partial charge in [-0.25, -0.2) is 0 Å². The van der Waals surface area contributed by atoms with E-state index in [9.17, 15) is 9.90 Å². The third kappa shape index (κ3) is 5.49. The van der Waals surface area contributed by atoms with Gasteiger partial charge in [0.25, 0.3) is 5.91 Å². The monoisotopic (exact) mass is 424 g/mol. The van der Waals surface area contributed by atoms with E-state index in [1.54, 1.807) is 36.8 Å². The van der Waals surface area contributed by atoms with Crippen LogP contribution in [-0.2, 0) is 13.0 Å². The number of phenols is 1. The zero-order chi connectivity index (χ0) is 22.2. The van der Waals surface area contributed by atoms with E-state index in [0.29, 0.717) is 12.1 Å². The fourth-order valence-corrected chi connectivity index (χ4v) is 3.34. The summed E-state index contributed by atoms with van der Waals surface area (Å²) in [5, 5.41) is 15.8. The van der Waals surface area contributed by atoms with Gasteiger partial charge in [-0.15, -0.1) is 0 Å². The van der Waals surface area contributed by atoms with E-state index in [0.717, 1.165) is 41.0 Å². The van der Waals surface area contributed by atoms with Gasteiger partial charge in [-0.1, -0.05) is 36.4 Å². The summed E-state index contributed by atoms with van der Waals surface area (Å²) in [4.78, 5) is 21.0. The van der Waals surface area contributed by atoms with Crippen LogP contribution in [0.25, 0.3) is 11.3 Å². The van der Waals surface area contributed by atoms with Gasteiger partial charge >= 0.3 is 0 Å². The highest BCUT2D eigenvalue weighted by Gasteiger charge is 2.09. The Morgan fingerprint density at radius 3 is 2.47 bits per heavy atom. The Labute approximate surface area is 187 Å². The van der Waals surface area contributed by atoms with Crippen LogP contribution in [0.5, 0.6) is 5.75 Å². The molecule has 4 aromatic rings. The highest BCUT2D eigenvalue weighted by molar-refractivity contribution is 5.94. The fourth-order valence-electron chi connectivity index (χ4n) is 3.34. The Kier molecular flexibility index (Phi) is 6.72. The molecule has 0 aliphatic carbocycles. The average molecular weight is 425 g/mol. The molecule has 4 rings (SSSR count). The molecule has 0 fully saturated rings. The van der Waals surface area contributed by atoms with Gasteiger partial charge in [0.05, 0.1) is 11.3 Å². The molecule has 0 unspecified atom stereocenters. The number of amides is 1. The average Bonchev–Trinajstić information content (AvgIpc) is 2.85. The first-order valence-electron chi connectivity index (χ1n) is 10.4. The topological polar surface area (TPSA) is 87.1 Å². The Balaban J connectivity index is 1.39. The van der Waals surface area contributed by atoms with Crippen LogP contribution in [0, 0.1) is 0 Å². The highest BCUT2D eigenvalue weighted by Crippen LogP contribution is 2.26. The molecule has 3 N–H and O–H groups in total. The number of aromatic nitrogens is 2. The first kappa shape index (κ1) is 21.1. The summed E-state index contributed by atoms with van der Waals surface area (Å²) in [7, 11) is 0. The zero-order valence-electron chi connectivity index (χ0n) is 17.5. The van der Waals surface area contributed by atoms with Gasteiger partial charge in [0.1, 0.15) is 5.75 Å². The van der Waals surface area contributed by atoms with E-state index in [1.807, 2.05) is 54.6 Å². The summed E-state index contributed by atoms with van der Waals surface area (Å²) >= 11 is 0. The van der Waals surface area contributed by atoms with Crippen molar-refractivity contribution in [1.29, 1.82) is 0 Å². The van der Waals surface area contributed by atoms with Crippen molar-refractivity contribution in [3.05, 3.63) is 108 Å². The number of carbonyl (C=O) groups is 1. The van der Waals surface area contributed by atoms with Gasteiger partial charge in [-0.3, -0.25) is 14.8 Å². The predicted octanol–water partition coefficient (Wildman–Crippen LogP) is 4.43. The summed E-state index contributed by atoms with van der Waals surface area (Å²) < 4.78 is 0.